The van der Waals surface area contributed by atoms with Crippen molar-refractivity contribution in [2.45, 2.75) is 45.7 Å². The van der Waals surface area contributed by atoms with Gasteiger partial charge in [0.25, 0.3) is 5.91 Å². The minimum absolute atomic E-state index is 0.294. The number of H-pyrrole nitrogens is 1. The Hall–Kier alpha value is -3.68. The van der Waals surface area contributed by atoms with Gasteiger partial charge in [0.05, 0.1) is 5.69 Å². The van der Waals surface area contributed by atoms with E-state index >= 15 is 0 Å². The third-order valence-corrected chi connectivity index (χ3v) is 7.08. The summed E-state index contributed by atoms with van der Waals surface area (Å²) in [7, 11) is 0. The van der Waals surface area contributed by atoms with Crippen LogP contribution < -0.4 is 5.48 Å². The molecule has 4 aromatic rings. The fourth-order valence-electron chi connectivity index (χ4n) is 5.19. The summed E-state index contributed by atoms with van der Waals surface area (Å²) in [6.07, 6.45) is 8.14. The molecule has 5 rings (SSSR count). The van der Waals surface area contributed by atoms with E-state index in [4.69, 9.17) is 9.73 Å². The summed E-state index contributed by atoms with van der Waals surface area (Å²) in [5.41, 5.74) is 9.81. The highest BCUT2D eigenvalue weighted by atomic mass is 16.5. The van der Waals surface area contributed by atoms with Crippen molar-refractivity contribution in [1.29, 1.82) is 0 Å². The van der Waals surface area contributed by atoms with Crippen molar-refractivity contribution in [2.24, 2.45) is 0 Å². The predicted octanol–water partition coefficient (Wildman–Crippen LogP) is 5.02. The molecule has 0 fully saturated rings. The summed E-state index contributed by atoms with van der Waals surface area (Å²) < 4.78 is 5.47. The molecule has 0 radical (unpaired) electrons. The van der Waals surface area contributed by atoms with Crippen LogP contribution in [0.4, 0.5) is 0 Å². The number of amides is 1. The largest absolute Gasteiger partial charge is 0.361 e. The lowest BCUT2D eigenvalue weighted by Gasteiger charge is -2.30. The molecule has 2 heterocycles. The van der Waals surface area contributed by atoms with E-state index in [1.807, 2.05) is 19.9 Å². The van der Waals surface area contributed by atoms with Crippen LogP contribution in [-0.2, 0) is 24.2 Å². The first kappa shape index (κ1) is 23.1. The molecule has 1 aliphatic rings. The Kier molecular flexibility index (Phi) is 6.53. The molecule has 2 aromatic heterocycles. The molecule has 2 aromatic carbocycles. The average molecular weight is 471 g/mol. The molecule has 3 N–H and O–H groups in total. The van der Waals surface area contributed by atoms with E-state index < -0.39 is 5.91 Å². The topological polar surface area (TPSA) is 94.4 Å². The number of carbonyl (C=O) groups is 1. The van der Waals surface area contributed by atoms with Crippen molar-refractivity contribution >= 4 is 22.9 Å². The Bertz CT molecular complexity index is 1360. The molecule has 0 aliphatic heterocycles. The van der Waals surface area contributed by atoms with Crippen molar-refractivity contribution in [1.82, 2.24) is 20.5 Å². The number of nitrogens with one attached hydrogen (secondary N) is 2. The van der Waals surface area contributed by atoms with Crippen molar-refractivity contribution < 1.29 is 14.5 Å². The molecule has 1 unspecified atom stereocenters. The predicted molar refractivity (Wildman–Crippen MR) is 135 cm³/mol. The smallest absolute Gasteiger partial charge is 0.267 e. The number of fused-ring (bicyclic) bond motifs is 2. The van der Waals surface area contributed by atoms with E-state index in [9.17, 15) is 4.79 Å². The lowest BCUT2D eigenvalue weighted by atomic mass is 10.0. The Morgan fingerprint density at radius 1 is 1.29 bits per heavy atom. The summed E-state index contributed by atoms with van der Waals surface area (Å²) in [5.74, 6) is 0.340. The van der Waals surface area contributed by atoms with Crippen LogP contribution in [0.2, 0.25) is 0 Å². The average Bonchev–Trinajstić information content (AvgIpc) is 3.57. The van der Waals surface area contributed by atoms with Gasteiger partial charge in [-0.05, 0) is 67.5 Å². The Morgan fingerprint density at radius 3 is 2.94 bits per heavy atom. The van der Waals surface area contributed by atoms with Crippen molar-refractivity contribution in [3.05, 3.63) is 94.0 Å². The maximum atomic E-state index is 11.3. The number of hydrogen-bond donors (Lipinski definition) is 3. The minimum atomic E-state index is -0.536. The summed E-state index contributed by atoms with van der Waals surface area (Å²) in [4.78, 5) is 17.3. The number of carbonyl (C=O) groups excluding carboxylic acids is 1. The SMILES string of the molecule is Cc1noc(C)c1CN(CCc1c[nH]c2ccccc12)C1CCc2cc(C=CC(=O)NO)ccc21. The zero-order valence-corrected chi connectivity index (χ0v) is 20.0. The monoisotopic (exact) mass is 470 g/mol. The highest BCUT2D eigenvalue weighted by Gasteiger charge is 2.29. The summed E-state index contributed by atoms with van der Waals surface area (Å²) in [5, 5.41) is 14.2. The minimum Gasteiger partial charge on any atom is -0.361 e. The second-order valence-corrected chi connectivity index (χ2v) is 9.20. The van der Waals surface area contributed by atoms with Crippen LogP contribution in [0.3, 0.4) is 0 Å². The first-order chi connectivity index (χ1) is 17.0. The van der Waals surface area contributed by atoms with E-state index in [0.717, 1.165) is 54.9 Å². The second-order valence-electron chi connectivity index (χ2n) is 9.20. The number of rotatable bonds is 8. The van der Waals surface area contributed by atoms with E-state index in [0.29, 0.717) is 6.04 Å². The summed E-state index contributed by atoms with van der Waals surface area (Å²) in [6.45, 7) is 5.69. The maximum absolute atomic E-state index is 11.3. The molecular weight excluding hydrogens is 440 g/mol. The van der Waals surface area contributed by atoms with Crippen molar-refractivity contribution in [2.75, 3.05) is 6.54 Å². The van der Waals surface area contributed by atoms with Gasteiger partial charge in [-0.25, -0.2) is 5.48 Å². The normalized spacial score (nSPS) is 15.4. The molecule has 1 aliphatic carbocycles. The van der Waals surface area contributed by atoms with Crippen LogP contribution in [0.1, 0.15) is 51.7 Å². The molecule has 0 spiro atoms. The van der Waals surface area contributed by atoms with Gasteiger partial charge in [-0.3, -0.25) is 14.9 Å². The van der Waals surface area contributed by atoms with E-state index in [-0.39, 0.29) is 0 Å². The van der Waals surface area contributed by atoms with Gasteiger partial charge in [0.2, 0.25) is 0 Å². The number of aryl methyl sites for hydroxylation is 3. The van der Waals surface area contributed by atoms with Gasteiger partial charge in [0.15, 0.2) is 0 Å². The molecule has 180 valence electrons. The molecule has 0 saturated heterocycles. The molecule has 7 heteroatoms. The zero-order chi connectivity index (χ0) is 24.4. The van der Waals surface area contributed by atoms with E-state index in [1.165, 1.54) is 33.7 Å². The summed E-state index contributed by atoms with van der Waals surface area (Å²) in [6, 6.07) is 15.1. The Labute approximate surface area is 204 Å². The molecule has 0 saturated carbocycles. The number of aromatic amines is 1. The molecule has 0 bridgehead atoms. The van der Waals surface area contributed by atoms with Gasteiger partial charge in [-0.1, -0.05) is 41.6 Å². The number of nitrogens with zero attached hydrogens (tertiary/aromatic N) is 2. The van der Waals surface area contributed by atoms with Gasteiger partial charge >= 0.3 is 0 Å². The van der Waals surface area contributed by atoms with Crippen LogP contribution in [0, 0.1) is 13.8 Å². The summed E-state index contributed by atoms with van der Waals surface area (Å²) >= 11 is 0. The van der Waals surface area contributed by atoms with Crippen LogP contribution in [0.15, 0.2) is 59.3 Å². The molecule has 7 nitrogen and oxygen atoms in total. The van der Waals surface area contributed by atoms with Gasteiger partial charge in [0, 0.05) is 47.9 Å². The Balaban J connectivity index is 1.41. The van der Waals surface area contributed by atoms with Crippen LogP contribution >= 0.6 is 0 Å². The third kappa shape index (κ3) is 4.78. The highest BCUT2D eigenvalue weighted by Crippen LogP contribution is 2.38. The molecular formula is C28H30N4O3. The fraction of sp³-hybridized carbons (Fsp3) is 0.286. The first-order valence-corrected chi connectivity index (χ1v) is 12.0. The molecule has 1 amide bonds. The van der Waals surface area contributed by atoms with Crippen molar-refractivity contribution in [3.8, 4) is 0 Å². The highest BCUT2D eigenvalue weighted by molar-refractivity contribution is 5.90. The van der Waals surface area contributed by atoms with Gasteiger partial charge in [-0.15, -0.1) is 0 Å². The number of hydroxylamine groups is 1. The number of aromatic nitrogens is 2. The maximum Gasteiger partial charge on any atom is 0.267 e. The number of hydrogen-bond acceptors (Lipinski definition) is 5. The van der Waals surface area contributed by atoms with Gasteiger partial charge < -0.3 is 9.51 Å². The van der Waals surface area contributed by atoms with Crippen LogP contribution in [0.25, 0.3) is 17.0 Å². The Morgan fingerprint density at radius 2 is 2.14 bits per heavy atom. The third-order valence-electron chi connectivity index (χ3n) is 7.08. The van der Waals surface area contributed by atoms with Gasteiger partial charge in [0.1, 0.15) is 5.76 Å². The van der Waals surface area contributed by atoms with Crippen LogP contribution in [-0.4, -0.2) is 32.7 Å². The fourth-order valence-corrected chi connectivity index (χ4v) is 5.19. The first-order valence-electron chi connectivity index (χ1n) is 12.0. The molecule has 35 heavy (non-hydrogen) atoms. The standard InChI is InChI=1S/C28H30N4O3/c1-18-25(19(2)35-31-18)17-32(14-13-22-16-29-26-6-4-3-5-23(22)26)27-11-9-21-15-20(7-10-24(21)27)8-12-28(33)30-34/h3-8,10,12,15-16,27,29,34H,9,11,13-14,17H2,1-2H3,(H,30,33). The molecule has 1 atom stereocenters. The van der Waals surface area contributed by atoms with Gasteiger partial charge in [-0.2, -0.15) is 0 Å². The van der Waals surface area contributed by atoms with Crippen molar-refractivity contribution in [3.63, 3.8) is 0 Å². The number of benzene rings is 2. The van der Waals surface area contributed by atoms with E-state index in [2.05, 4.69) is 57.6 Å². The zero-order valence-electron chi connectivity index (χ0n) is 20.0. The lowest BCUT2D eigenvalue weighted by Crippen LogP contribution is -2.29. The van der Waals surface area contributed by atoms with E-state index in [1.54, 1.807) is 11.6 Å². The second kappa shape index (κ2) is 9.90. The van der Waals surface area contributed by atoms with Crippen LogP contribution in [0.5, 0.6) is 0 Å². The quantitative estimate of drug-likeness (QED) is 0.191. The number of para-hydroxylation sites is 1. The lowest BCUT2D eigenvalue weighted by molar-refractivity contribution is -0.124.